The lowest BCUT2D eigenvalue weighted by Crippen LogP contribution is -2.52. The Balaban J connectivity index is 2.05. The molecule has 0 saturated heterocycles. The van der Waals surface area contributed by atoms with Crippen LogP contribution in [0.2, 0.25) is 5.02 Å². The predicted octanol–water partition coefficient (Wildman–Crippen LogP) is 4.80. The van der Waals surface area contributed by atoms with Crippen molar-refractivity contribution in [3.63, 3.8) is 0 Å². The van der Waals surface area contributed by atoms with Crippen LogP contribution in [0.4, 0.5) is 5.69 Å². The van der Waals surface area contributed by atoms with E-state index in [-0.39, 0.29) is 23.0 Å². The van der Waals surface area contributed by atoms with Gasteiger partial charge in [0.2, 0.25) is 11.8 Å². The monoisotopic (exact) mass is 571 g/mol. The van der Waals surface area contributed by atoms with Crippen LogP contribution >= 0.6 is 11.6 Å². The number of hydrogen-bond donors (Lipinski definition) is 1. The fraction of sp³-hybridized carbons (Fsp3) is 0.310. The van der Waals surface area contributed by atoms with E-state index in [0.29, 0.717) is 23.7 Å². The number of halogens is 1. The molecule has 0 spiro atoms. The number of likely N-dealkylation sites (N-methyl/N-ethyl adjacent to an activating group) is 1. The van der Waals surface area contributed by atoms with Gasteiger partial charge in [-0.2, -0.15) is 0 Å². The molecule has 208 valence electrons. The van der Waals surface area contributed by atoms with Gasteiger partial charge < -0.3 is 15.0 Å². The molecule has 0 aliphatic heterocycles. The van der Waals surface area contributed by atoms with E-state index < -0.39 is 28.5 Å². The maximum absolute atomic E-state index is 14.0. The third-order valence-corrected chi connectivity index (χ3v) is 8.26. The summed E-state index contributed by atoms with van der Waals surface area (Å²) in [5.74, 6) is -0.324. The van der Waals surface area contributed by atoms with Crippen LogP contribution in [0.5, 0.6) is 5.75 Å². The van der Waals surface area contributed by atoms with E-state index in [1.807, 2.05) is 38.1 Å². The Morgan fingerprint density at radius 2 is 1.67 bits per heavy atom. The van der Waals surface area contributed by atoms with Crippen molar-refractivity contribution in [2.24, 2.45) is 0 Å². The molecule has 0 aliphatic rings. The predicted molar refractivity (Wildman–Crippen MR) is 153 cm³/mol. The maximum atomic E-state index is 14.0. The van der Waals surface area contributed by atoms with Gasteiger partial charge in [0.15, 0.2) is 0 Å². The molecular formula is C29H34ClN3O5S. The molecule has 0 aliphatic carbocycles. The van der Waals surface area contributed by atoms with Crippen molar-refractivity contribution in [2.75, 3.05) is 24.5 Å². The first-order valence-electron chi connectivity index (χ1n) is 12.7. The fourth-order valence-electron chi connectivity index (χ4n) is 4.14. The van der Waals surface area contributed by atoms with Gasteiger partial charge in [0.25, 0.3) is 10.0 Å². The van der Waals surface area contributed by atoms with Gasteiger partial charge >= 0.3 is 0 Å². The summed E-state index contributed by atoms with van der Waals surface area (Å²) in [6.45, 7) is 5.60. The zero-order valence-electron chi connectivity index (χ0n) is 22.6. The van der Waals surface area contributed by atoms with Crippen molar-refractivity contribution in [3.05, 3.63) is 88.9 Å². The number of hydrogen-bond acceptors (Lipinski definition) is 5. The number of anilines is 1. The maximum Gasteiger partial charge on any atom is 0.264 e. The van der Waals surface area contributed by atoms with Crippen LogP contribution in [-0.2, 0) is 26.2 Å². The van der Waals surface area contributed by atoms with E-state index in [0.717, 1.165) is 15.4 Å². The molecule has 1 atom stereocenters. The Bertz CT molecular complexity index is 1380. The number of carbonyl (C=O) groups is 2. The minimum absolute atomic E-state index is 0.0167. The molecule has 0 heterocycles. The molecule has 0 saturated carbocycles. The SMILES string of the molecule is CCNC(=O)C(CC)N(Cc1ccc(C)cc1)C(=O)CN(c1cccc(Cl)c1)S(=O)(=O)c1ccc(OC)cc1. The number of benzene rings is 3. The lowest BCUT2D eigenvalue weighted by atomic mass is 10.1. The summed E-state index contributed by atoms with van der Waals surface area (Å²) in [7, 11) is -2.71. The Hall–Kier alpha value is -3.56. The van der Waals surface area contributed by atoms with Crippen molar-refractivity contribution >= 4 is 39.1 Å². The molecule has 0 bridgehead atoms. The van der Waals surface area contributed by atoms with Gasteiger partial charge in [-0.05, 0) is 68.3 Å². The summed E-state index contributed by atoms with van der Waals surface area (Å²) in [5.41, 5.74) is 2.11. The lowest BCUT2D eigenvalue weighted by molar-refractivity contribution is -0.140. The highest BCUT2D eigenvalue weighted by atomic mass is 35.5. The molecule has 10 heteroatoms. The quantitative estimate of drug-likeness (QED) is 0.337. The molecule has 3 aromatic carbocycles. The second-order valence-corrected chi connectivity index (χ2v) is 11.3. The van der Waals surface area contributed by atoms with E-state index in [1.165, 1.54) is 42.3 Å². The topological polar surface area (TPSA) is 96.0 Å². The minimum Gasteiger partial charge on any atom is -0.497 e. The Morgan fingerprint density at radius 3 is 2.23 bits per heavy atom. The zero-order chi connectivity index (χ0) is 28.6. The number of nitrogens with zero attached hydrogens (tertiary/aromatic N) is 2. The van der Waals surface area contributed by atoms with E-state index in [1.54, 1.807) is 25.1 Å². The number of aryl methyl sites for hydroxylation is 1. The molecule has 2 amide bonds. The van der Waals surface area contributed by atoms with Crippen molar-refractivity contribution < 1.29 is 22.7 Å². The fourth-order valence-corrected chi connectivity index (χ4v) is 5.73. The number of rotatable bonds is 12. The number of ether oxygens (including phenoxy) is 1. The number of amides is 2. The highest BCUT2D eigenvalue weighted by Gasteiger charge is 2.33. The molecule has 0 aromatic heterocycles. The number of methoxy groups -OCH3 is 1. The van der Waals surface area contributed by atoms with Gasteiger partial charge in [-0.3, -0.25) is 13.9 Å². The van der Waals surface area contributed by atoms with Crippen molar-refractivity contribution in [1.82, 2.24) is 10.2 Å². The first kappa shape index (κ1) is 30.0. The lowest BCUT2D eigenvalue weighted by Gasteiger charge is -2.33. The average molecular weight is 572 g/mol. The van der Waals surface area contributed by atoms with E-state index in [4.69, 9.17) is 16.3 Å². The van der Waals surface area contributed by atoms with Crippen molar-refractivity contribution in [2.45, 2.75) is 44.7 Å². The summed E-state index contributed by atoms with van der Waals surface area (Å²) in [4.78, 5) is 28.4. The number of carbonyl (C=O) groups excluding carboxylic acids is 2. The van der Waals surface area contributed by atoms with Crippen LogP contribution in [0.3, 0.4) is 0 Å². The van der Waals surface area contributed by atoms with Crippen molar-refractivity contribution in [3.8, 4) is 5.75 Å². The molecule has 3 rings (SSSR count). The molecule has 1 unspecified atom stereocenters. The number of nitrogens with one attached hydrogen (secondary N) is 1. The molecular weight excluding hydrogens is 538 g/mol. The molecule has 1 N–H and O–H groups in total. The first-order chi connectivity index (χ1) is 18.6. The highest BCUT2D eigenvalue weighted by Crippen LogP contribution is 2.28. The van der Waals surface area contributed by atoms with Crippen LogP contribution in [0, 0.1) is 6.92 Å². The molecule has 39 heavy (non-hydrogen) atoms. The highest BCUT2D eigenvalue weighted by molar-refractivity contribution is 7.92. The Labute approximate surface area is 235 Å². The second kappa shape index (κ2) is 13.5. The smallest absolute Gasteiger partial charge is 0.264 e. The van der Waals surface area contributed by atoms with Gasteiger partial charge in [0.1, 0.15) is 18.3 Å². The van der Waals surface area contributed by atoms with Crippen molar-refractivity contribution in [1.29, 1.82) is 0 Å². The van der Waals surface area contributed by atoms with E-state index >= 15 is 0 Å². The first-order valence-corrected chi connectivity index (χ1v) is 14.5. The van der Waals surface area contributed by atoms with Gasteiger partial charge in [0, 0.05) is 18.1 Å². The van der Waals surface area contributed by atoms with Crippen LogP contribution in [0.25, 0.3) is 0 Å². The molecule has 8 nitrogen and oxygen atoms in total. The molecule has 0 radical (unpaired) electrons. The summed E-state index contributed by atoms with van der Waals surface area (Å²) in [5, 5.41) is 3.11. The summed E-state index contributed by atoms with van der Waals surface area (Å²) in [6.07, 6.45) is 0.353. The van der Waals surface area contributed by atoms with Crippen LogP contribution in [0.1, 0.15) is 31.4 Å². The Kier molecular flexibility index (Phi) is 10.4. The van der Waals surface area contributed by atoms with Crippen LogP contribution < -0.4 is 14.4 Å². The number of sulfonamides is 1. The van der Waals surface area contributed by atoms with Crippen LogP contribution in [0.15, 0.2) is 77.7 Å². The summed E-state index contributed by atoms with van der Waals surface area (Å²) < 4.78 is 33.9. The largest absolute Gasteiger partial charge is 0.497 e. The van der Waals surface area contributed by atoms with Crippen LogP contribution in [-0.4, -0.2) is 51.4 Å². The Morgan fingerprint density at radius 1 is 1.00 bits per heavy atom. The minimum atomic E-state index is -4.19. The third-order valence-electron chi connectivity index (χ3n) is 6.23. The summed E-state index contributed by atoms with van der Waals surface area (Å²) in [6, 6.07) is 19.1. The average Bonchev–Trinajstić information content (AvgIpc) is 2.92. The normalized spacial score (nSPS) is 11.9. The second-order valence-electron chi connectivity index (χ2n) is 8.99. The zero-order valence-corrected chi connectivity index (χ0v) is 24.1. The van der Waals surface area contributed by atoms with Gasteiger partial charge in [-0.15, -0.1) is 0 Å². The van der Waals surface area contributed by atoms with Gasteiger partial charge in [-0.1, -0.05) is 54.4 Å². The van der Waals surface area contributed by atoms with Gasteiger partial charge in [0.05, 0.1) is 17.7 Å². The molecule has 3 aromatic rings. The van der Waals surface area contributed by atoms with E-state index in [9.17, 15) is 18.0 Å². The third kappa shape index (κ3) is 7.52. The van der Waals surface area contributed by atoms with Gasteiger partial charge in [-0.25, -0.2) is 8.42 Å². The summed E-state index contributed by atoms with van der Waals surface area (Å²) >= 11 is 6.21. The standard InChI is InChI=1S/C29H34ClN3O5S/c1-5-27(29(35)31-6-2)32(19-22-12-10-21(3)11-13-22)28(34)20-33(24-9-7-8-23(30)18-24)39(36,37)26-16-14-25(38-4)15-17-26/h7-18,27H,5-6,19-20H2,1-4H3,(H,31,35). The molecule has 0 fully saturated rings. The van der Waals surface area contributed by atoms with E-state index in [2.05, 4.69) is 5.32 Å².